The first-order valence-electron chi connectivity index (χ1n) is 39.6. The molecule has 2 heterocycles. The number of phenols is 2. The van der Waals surface area contributed by atoms with Crippen molar-refractivity contribution < 1.29 is 82.4 Å². The molecule has 4 aromatic rings. The first-order valence-corrected chi connectivity index (χ1v) is 39.6. The number of rotatable bonds is 42. The molecule has 31 nitrogen and oxygen atoms in total. The van der Waals surface area contributed by atoms with E-state index in [0.29, 0.717) is 29.5 Å². The number of carbonyl (C=O) groups excluding carboxylic acids is 12. The Morgan fingerprint density at radius 2 is 0.737 bits per heavy atom. The number of likely N-dealkylation sites (tertiary alicyclic amines) is 2. The Labute approximate surface area is 667 Å². The van der Waals surface area contributed by atoms with Crippen molar-refractivity contribution in [3.05, 3.63) is 131 Å². The van der Waals surface area contributed by atoms with Gasteiger partial charge in [0.1, 0.15) is 89.6 Å². The molecule has 0 unspecified atom stereocenters. The van der Waals surface area contributed by atoms with Crippen LogP contribution in [0.15, 0.2) is 109 Å². The molecule has 114 heavy (non-hydrogen) atoms. The van der Waals surface area contributed by atoms with Crippen LogP contribution in [0, 0.1) is 23.7 Å². The van der Waals surface area contributed by atoms with Gasteiger partial charge < -0.3 is 94.5 Å². The minimum absolute atomic E-state index is 0.0264. The fraction of sp³-hybridized carbons (Fsp3) is 0.554. The van der Waals surface area contributed by atoms with E-state index >= 15 is 9.59 Å². The molecule has 0 bridgehead atoms. The van der Waals surface area contributed by atoms with E-state index in [0.717, 1.165) is 5.56 Å². The zero-order valence-corrected chi connectivity index (χ0v) is 67.5. The third-order valence-corrected chi connectivity index (χ3v) is 19.7. The number of nitrogens with zero attached hydrogens (tertiary/aromatic N) is 2. The van der Waals surface area contributed by atoms with E-state index in [9.17, 15) is 68.1 Å². The molecule has 0 aliphatic carbocycles. The number of amides is 12. The summed E-state index contributed by atoms with van der Waals surface area (Å²) in [6.07, 6.45) is 0.513. The number of benzene rings is 4. The first kappa shape index (κ1) is 92.2. The van der Waals surface area contributed by atoms with Crippen LogP contribution in [0.1, 0.15) is 163 Å². The van der Waals surface area contributed by atoms with Crippen molar-refractivity contribution in [2.24, 2.45) is 35.1 Å². The first-order chi connectivity index (χ1) is 53.9. The Morgan fingerprint density at radius 3 is 1.10 bits per heavy atom. The van der Waals surface area contributed by atoms with E-state index in [2.05, 4.69) is 53.2 Å². The summed E-state index contributed by atoms with van der Waals surface area (Å²) >= 11 is 0. The maximum atomic E-state index is 15.3. The van der Waals surface area contributed by atoms with Gasteiger partial charge in [0.25, 0.3) is 0 Å². The number of carbonyl (C=O) groups is 13. The second kappa shape index (κ2) is 44.7. The van der Waals surface area contributed by atoms with Crippen molar-refractivity contribution in [2.45, 2.75) is 244 Å². The number of nitrogens with one attached hydrogen (secondary N) is 10. The molecule has 6 rings (SSSR count). The molecule has 0 aromatic heterocycles. The number of carboxylic acids is 1. The van der Waals surface area contributed by atoms with Gasteiger partial charge in [-0.2, -0.15) is 0 Å². The lowest BCUT2D eigenvalue weighted by molar-refractivity contribution is -0.143. The number of ether oxygens (including phenoxy) is 1. The smallest absolute Gasteiger partial charge is 0.408 e. The molecule has 2 aliphatic heterocycles. The summed E-state index contributed by atoms with van der Waals surface area (Å²) in [5.74, 6) is -11.2. The Morgan fingerprint density at radius 1 is 0.412 bits per heavy atom. The van der Waals surface area contributed by atoms with Crippen molar-refractivity contribution >= 4 is 77.0 Å². The number of carboxylic acid groups (broad SMARTS) is 1. The molecule has 624 valence electrons. The standard InChI is InChI=1S/C83H120N14O17/c1-48(2)42-60(88-70(100)58(26-18-38-84)86-77(107)68(50(5)6)94-74(104)62(45-55-32-36-57(99)37-33-55)90-76(106)67-29-21-41-97(67)80(110)64(47-53-24-16-13-17-25-53)93-82(113)114-83(9,10)11)72(102)91-63(46-52-22-14-12-15-23-52)79(109)96-40-20-28-66(96)75(105)89-61(44-54-30-34-56(98)35-31-54)73(103)95-69(51(7)8)78(108)87-59(27-19-39-85)71(101)92-65(81(111)112)43-49(3)4/h12-17,22-25,30-37,48-51,58-69,98-99H,18-21,26-29,38-47,84-85H2,1-11H3,(H,86,107)(H,87,108)(H,88,100)(H,89,105)(H,90,106)(H,91,102)(H,92,101)(H,93,113)(H,94,104)(H,95,103)(H,111,112)/t58-,59-,60-,61+,62+,63+,64+,65-,66-,67-,68-,69-/m0/s1. The molecule has 12 amide bonds. The average Bonchev–Trinajstić information content (AvgIpc) is 1.55. The number of nitrogens with two attached hydrogens (primary N) is 2. The van der Waals surface area contributed by atoms with Crippen LogP contribution in [0.25, 0.3) is 0 Å². The fourth-order valence-electron chi connectivity index (χ4n) is 13.7. The van der Waals surface area contributed by atoms with Gasteiger partial charge in [-0.05, 0) is 168 Å². The average molecular weight is 1590 g/mol. The summed E-state index contributed by atoms with van der Waals surface area (Å²) in [6.45, 7) is 19.3. The minimum Gasteiger partial charge on any atom is -0.508 e. The molecule has 0 saturated carbocycles. The molecule has 2 fully saturated rings. The number of phenolic OH excluding ortho intramolecular Hbond substituents is 2. The lowest BCUT2D eigenvalue weighted by atomic mass is 9.99. The molecule has 12 atom stereocenters. The Balaban J connectivity index is 1.21. The lowest BCUT2D eigenvalue weighted by Crippen LogP contribution is -2.61. The quantitative estimate of drug-likeness (QED) is 0.0301. The van der Waals surface area contributed by atoms with E-state index in [1.165, 1.54) is 34.1 Å². The van der Waals surface area contributed by atoms with Crippen LogP contribution in [0.4, 0.5) is 4.79 Å². The van der Waals surface area contributed by atoms with Gasteiger partial charge in [-0.1, -0.05) is 140 Å². The zero-order chi connectivity index (χ0) is 84.1. The number of alkyl carbamates (subject to hydrolysis) is 1. The molecular formula is C83H120N14O17. The van der Waals surface area contributed by atoms with Gasteiger partial charge in [0.15, 0.2) is 0 Å². The van der Waals surface area contributed by atoms with Crippen LogP contribution in [0.5, 0.6) is 11.5 Å². The Hall–Kier alpha value is -10.7. The van der Waals surface area contributed by atoms with Crippen LogP contribution < -0.4 is 64.6 Å². The molecule has 0 spiro atoms. The highest BCUT2D eigenvalue weighted by molar-refractivity contribution is 6.00. The third kappa shape index (κ3) is 29.4. The van der Waals surface area contributed by atoms with Gasteiger partial charge in [0.2, 0.25) is 65.0 Å². The van der Waals surface area contributed by atoms with Crippen molar-refractivity contribution in [1.82, 2.24) is 63.0 Å². The molecule has 0 radical (unpaired) electrons. The molecule has 17 N–H and O–H groups in total. The lowest BCUT2D eigenvalue weighted by Gasteiger charge is -2.32. The van der Waals surface area contributed by atoms with Crippen molar-refractivity contribution in [3.8, 4) is 11.5 Å². The van der Waals surface area contributed by atoms with Crippen molar-refractivity contribution in [2.75, 3.05) is 26.2 Å². The third-order valence-electron chi connectivity index (χ3n) is 19.7. The highest BCUT2D eigenvalue weighted by atomic mass is 16.6. The summed E-state index contributed by atoms with van der Waals surface area (Å²) in [7, 11) is 0. The van der Waals surface area contributed by atoms with Gasteiger partial charge in [-0.25, -0.2) is 9.59 Å². The predicted molar refractivity (Wildman–Crippen MR) is 427 cm³/mol. The highest BCUT2D eigenvalue weighted by Gasteiger charge is 2.44. The van der Waals surface area contributed by atoms with Gasteiger partial charge in [-0.3, -0.25) is 52.7 Å². The molecule has 2 aliphatic rings. The number of hydrogen-bond acceptors (Lipinski definition) is 18. The van der Waals surface area contributed by atoms with E-state index < -0.39 is 167 Å². The molecular weight excluding hydrogens is 1460 g/mol. The van der Waals surface area contributed by atoms with Gasteiger partial charge in [0.05, 0.1) is 0 Å². The summed E-state index contributed by atoms with van der Waals surface area (Å²) in [6, 6.07) is 14.1. The number of aromatic hydroxyl groups is 2. The van der Waals surface area contributed by atoms with Gasteiger partial charge >= 0.3 is 12.1 Å². The van der Waals surface area contributed by atoms with Crippen LogP contribution in [-0.2, 0) is 88.0 Å². The Kier molecular flexibility index (Phi) is 36.1. The van der Waals surface area contributed by atoms with E-state index in [4.69, 9.17) is 16.2 Å². The monoisotopic (exact) mass is 1580 g/mol. The van der Waals surface area contributed by atoms with Crippen LogP contribution in [-0.4, -0.2) is 206 Å². The normalized spacial score (nSPS) is 16.8. The van der Waals surface area contributed by atoms with Crippen LogP contribution >= 0.6 is 0 Å². The van der Waals surface area contributed by atoms with Crippen molar-refractivity contribution in [1.29, 1.82) is 0 Å². The van der Waals surface area contributed by atoms with Gasteiger partial charge in [-0.15, -0.1) is 0 Å². The maximum absolute atomic E-state index is 15.3. The second-order valence-corrected chi connectivity index (χ2v) is 32.0. The van der Waals surface area contributed by atoms with Gasteiger partial charge in [0, 0.05) is 38.8 Å². The van der Waals surface area contributed by atoms with E-state index in [-0.39, 0.29) is 127 Å². The summed E-state index contributed by atoms with van der Waals surface area (Å²) in [5, 5.41) is 57.8. The largest absolute Gasteiger partial charge is 0.508 e. The topological polar surface area (TPSA) is 471 Å². The summed E-state index contributed by atoms with van der Waals surface area (Å²) in [5.41, 5.74) is 13.3. The predicted octanol–water partition coefficient (Wildman–Crippen LogP) is 3.57. The SMILES string of the molecule is CC(C)C[C@H](NC(=O)[C@H](CCCN)NC(=O)[C@@H](NC(=O)[C@@H](Cc1ccc(O)cc1)NC(=O)[C@@H]1CCCN1C(=O)[C@@H](Cc1ccccc1)NC(=O)[C@H](CC(C)C)NC(=O)[C@H](CCCN)NC(=O)[C@@H](NC(=O)[C@@H](Cc1ccc(O)cc1)NC(=O)[C@@H]1CCCN1C(=O)[C@@H](Cc1ccccc1)NC(=O)OC(C)(C)C)C(C)C)C(C)C)C(=O)O. The summed E-state index contributed by atoms with van der Waals surface area (Å²) < 4.78 is 5.52. The second-order valence-electron chi connectivity index (χ2n) is 32.0. The van der Waals surface area contributed by atoms with Crippen LogP contribution in [0.3, 0.4) is 0 Å². The zero-order valence-electron chi connectivity index (χ0n) is 67.5. The van der Waals surface area contributed by atoms with E-state index in [1.807, 2.05) is 19.9 Å². The summed E-state index contributed by atoms with van der Waals surface area (Å²) in [4.78, 5) is 189. The molecule has 2 saturated heterocycles. The van der Waals surface area contributed by atoms with Crippen LogP contribution in [0.2, 0.25) is 0 Å². The fourth-order valence-corrected chi connectivity index (χ4v) is 13.7. The maximum Gasteiger partial charge on any atom is 0.408 e. The number of hydrogen-bond donors (Lipinski definition) is 15. The molecule has 4 aromatic carbocycles. The Bertz CT molecular complexity index is 3880. The number of aliphatic carboxylic acids is 1. The van der Waals surface area contributed by atoms with Crippen molar-refractivity contribution in [3.63, 3.8) is 0 Å². The molecule has 31 heteroatoms. The van der Waals surface area contributed by atoms with E-state index in [1.54, 1.807) is 141 Å². The minimum atomic E-state index is -1.42. The highest BCUT2D eigenvalue weighted by Crippen LogP contribution is 2.25.